The van der Waals surface area contributed by atoms with E-state index in [1.165, 1.54) is 38.5 Å². The van der Waals surface area contributed by atoms with Gasteiger partial charge in [-0.2, -0.15) is 0 Å². The van der Waals surface area contributed by atoms with E-state index in [-0.39, 0.29) is 0 Å². The lowest BCUT2D eigenvalue weighted by Gasteiger charge is -2.40. The van der Waals surface area contributed by atoms with Gasteiger partial charge >= 0.3 is 0 Å². The number of nitrogen functional groups attached to an aromatic ring is 1. The molecule has 1 aromatic rings. The molecule has 1 aliphatic carbocycles. The molecule has 2 N–H and O–H groups in total. The van der Waals surface area contributed by atoms with E-state index in [4.69, 9.17) is 10.5 Å². The van der Waals surface area contributed by atoms with Crippen LogP contribution in [-0.2, 0) is 11.3 Å². The Bertz CT molecular complexity index is 461. The van der Waals surface area contributed by atoms with Crippen LogP contribution in [0.25, 0.3) is 0 Å². The number of methoxy groups -OCH3 is 1. The van der Waals surface area contributed by atoms with E-state index < -0.39 is 0 Å². The van der Waals surface area contributed by atoms with Crippen molar-refractivity contribution in [3.05, 3.63) is 11.9 Å². The molecule has 1 saturated heterocycles. The SMILES string of the molecule is COCc1nc(N)cc(N2CCC3(CCCC3)CC2)n1. The molecule has 1 spiro atoms. The summed E-state index contributed by atoms with van der Waals surface area (Å²) in [5, 5.41) is 0. The molecule has 5 nitrogen and oxygen atoms in total. The van der Waals surface area contributed by atoms with Crippen LogP contribution in [-0.4, -0.2) is 30.2 Å². The standard InChI is InChI=1S/C15H24N4O/c1-20-11-13-17-12(16)10-14(18-13)19-8-6-15(7-9-19)4-2-3-5-15/h10H,2-9,11H2,1H3,(H2,16,17,18). The Morgan fingerprint density at radius 3 is 2.55 bits per heavy atom. The third-order valence-electron chi connectivity index (χ3n) is 4.86. The molecule has 1 saturated carbocycles. The van der Waals surface area contributed by atoms with Gasteiger partial charge in [0.15, 0.2) is 5.82 Å². The smallest absolute Gasteiger partial charge is 0.158 e. The summed E-state index contributed by atoms with van der Waals surface area (Å²) in [7, 11) is 1.65. The van der Waals surface area contributed by atoms with Gasteiger partial charge in [-0.05, 0) is 31.1 Å². The third-order valence-corrected chi connectivity index (χ3v) is 4.86. The highest BCUT2D eigenvalue weighted by atomic mass is 16.5. The maximum absolute atomic E-state index is 5.88. The largest absolute Gasteiger partial charge is 0.384 e. The molecule has 0 radical (unpaired) electrons. The molecule has 0 amide bonds. The summed E-state index contributed by atoms with van der Waals surface area (Å²) < 4.78 is 5.10. The minimum atomic E-state index is 0.413. The lowest BCUT2D eigenvalue weighted by Crippen LogP contribution is -2.39. The van der Waals surface area contributed by atoms with Crippen molar-refractivity contribution in [2.24, 2.45) is 5.41 Å². The zero-order valence-electron chi connectivity index (χ0n) is 12.3. The number of ether oxygens (including phenoxy) is 1. The molecule has 0 unspecified atom stereocenters. The van der Waals surface area contributed by atoms with Crippen molar-refractivity contribution in [3.63, 3.8) is 0 Å². The molecule has 5 heteroatoms. The normalized spacial score (nSPS) is 21.6. The van der Waals surface area contributed by atoms with Crippen molar-refractivity contribution in [1.29, 1.82) is 0 Å². The minimum absolute atomic E-state index is 0.413. The van der Waals surface area contributed by atoms with Crippen LogP contribution < -0.4 is 10.6 Å². The monoisotopic (exact) mass is 276 g/mol. The van der Waals surface area contributed by atoms with Gasteiger partial charge in [-0.1, -0.05) is 12.8 Å². The van der Waals surface area contributed by atoms with Gasteiger partial charge < -0.3 is 15.4 Å². The minimum Gasteiger partial charge on any atom is -0.384 e. The van der Waals surface area contributed by atoms with E-state index >= 15 is 0 Å². The zero-order valence-corrected chi connectivity index (χ0v) is 12.3. The molecular formula is C15H24N4O. The van der Waals surface area contributed by atoms with Gasteiger partial charge in [-0.15, -0.1) is 0 Å². The molecular weight excluding hydrogens is 252 g/mol. The third kappa shape index (κ3) is 2.73. The number of anilines is 2. The van der Waals surface area contributed by atoms with Crippen molar-refractivity contribution in [3.8, 4) is 0 Å². The molecule has 110 valence electrons. The molecule has 0 aromatic carbocycles. The van der Waals surface area contributed by atoms with Crippen molar-refractivity contribution in [1.82, 2.24) is 9.97 Å². The Morgan fingerprint density at radius 1 is 1.20 bits per heavy atom. The van der Waals surface area contributed by atoms with Crippen molar-refractivity contribution in [2.45, 2.75) is 45.1 Å². The van der Waals surface area contributed by atoms with Crippen molar-refractivity contribution >= 4 is 11.6 Å². The average molecular weight is 276 g/mol. The molecule has 2 fully saturated rings. The summed E-state index contributed by atoms with van der Waals surface area (Å²) in [5.41, 5.74) is 6.51. The Hall–Kier alpha value is -1.36. The predicted molar refractivity (Wildman–Crippen MR) is 79.5 cm³/mol. The first-order valence-electron chi connectivity index (χ1n) is 7.58. The second kappa shape index (κ2) is 5.56. The number of nitrogens with two attached hydrogens (primary N) is 1. The van der Waals surface area contributed by atoms with Crippen LogP contribution in [0.1, 0.15) is 44.3 Å². The maximum atomic E-state index is 5.88. The van der Waals surface area contributed by atoms with E-state index in [9.17, 15) is 0 Å². The van der Waals surface area contributed by atoms with Crippen LogP contribution in [0.15, 0.2) is 6.07 Å². The van der Waals surface area contributed by atoms with E-state index in [0.29, 0.717) is 23.7 Å². The fraction of sp³-hybridized carbons (Fsp3) is 0.733. The summed E-state index contributed by atoms with van der Waals surface area (Å²) >= 11 is 0. The molecule has 0 atom stereocenters. The summed E-state index contributed by atoms with van der Waals surface area (Å²) in [4.78, 5) is 11.1. The number of hydrogen-bond donors (Lipinski definition) is 1. The summed E-state index contributed by atoms with van der Waals surface area (Å²) in [6.45, 7) is 2.58. The molecule has 20 heavy (non-hydrogen) atoms. The zero-order chi connectivity index (χ0) is 14.0. The van der Waals surface area contributed by atoms with Crippen LogP contribution in [0.2, 0.25) is 0 Å². The van der Waals surface area contributed by atoms with Gasteiger partial charge in [-0.3, -0.25) is 0 Å². The summed E-state index contributed by atoms with van der Waals surface area (Å²) in [5.74, 6) is 2.16. The number of hydrogen-bond acceptors (Lipinski definition) is 5. The van der Waals surface area contributed by atoms with E-state index in [2.05, 4.69) is 14.9 Å². The fourth-order valence-electron chi connectivity index (χ4n) is 3.69. The first kappa shape index (κ1) is 13.6. The van der Waals surface area contributed by atoms with Crippen LogP contribution in [0, 0.1) is 5.41 Å². The summed E-state index contributed by atoms with van der Waals surface area (Å²) in [6, 6.07) is 1.88. The van der Waals surface area contributed by atoms with Gasteiger partial charge in [0.25, 0.3) is 0 Å². The molecule has 1 aromatic heterocycles. The van der Waals surface area contributed by atoms with Crippen LogP contribution >= 0.6 is 0 Å². The number of aromatic nitrogens is 2. The van der Waals surface area contributed by atoms with Gasteiger partial charge in [0.1, 0.15) is 18.2 Å². The van der Waals surface area contributed by atoms with Gasteiger partial charge in [0.05, 0.1) is 0 Å². The van der Waals surface area contributed by atoms with Crippen LogP contribution in [0.5, 0.6) is 0 Å². The van der Waals surface area contributed by atoms with Crippen molar-refractivity contribution in [2.75, 3.05) is 30.8 Å². The predicted octanol–water partition coefficient (Wildman–Crippen LogP) is 2.37. The molecule has 2 heterocycles. The van der Waals surface area contributed by atoms with Gasteiger partial charge in [0.2, 0.25) is 0 Å². The Morgan fingerprint density at radius 2 is 1.90 bits per heavy atom. The lowest BCUT2D eigenvalue weighted by atomic mass is 9.77. The molecule has 0 bridgehead atoms. The van der Waals surface area contributed by atoms with E-state index in [1.54, 1.807) is 7.11 Å². The van der Waals surface area contributed by atoms with E-state index in [0.717, 1.165) is 18.9 Å². The Labute approximate surface area is 120 Å². The first-order valence-corrected chi connectivity index (χ1v) is 7.58. The highest BCUT2D eigenvalue weighted by Crippen LogP contribution is 2.46. The number of piperidine rings is 1. The lowest BCUT2D eigenvalue weighted by molar-refractivity contribution is 0.177. The number of rotatable bonds is 3. The number of nitrogens with zero attached hydrogens (tertiary/aromatic N) is 3. The highest BCUT2D eigenvalue weighted by molar-refractivity contribution is 5.47. The highest BCUT2D eigenvalue weighted by Gasteiger charge is 2.37. The topological polar surface area (TPSA) is 64.3 Å². The second-order valence-electron chi connectivity index (χ2n) is 6.19. The molecule has 1 aliphatic heterocycles. The summed E-state index contributed by atoms with van der Waals surface area (Å²) in [6.07, 6.45) is 8.24. The first-order chi connectivity index (χ1) is 9.71. The van der Waals surface area contributed by atoms with E-state index in [1.807, 2.05) is 6.07 Å². The van der Waals surface area contributed by atoms with Crippen LogP contribution in [0.3, 0.4) is 0 Å². The van der Waals surface area contributed by atoms with Gasteiger partial charge in [0, 0.05) is 26.3 Å². The maximum Gasteiger partial charge on any atom is 0.158 e. The quantitative estimate of drug-likeness (QED) is 0.918. The Kier molecular flexibility index (Phi) is 3.78. The molecule has 2 aliphatic rings. The fourth-order valence-corrected chi connectivity index (χ4v) is 3.69. The Balaban J connectivity index is 1.71. The van der Waals surface area contributed by atoms with Crippen LogP contribution in [0.4, 0.5) is 11.6 Å². The van der Waals surface area contributed by atoms with Crippen molar-refractivity contribution < 1.29 is 4.74 Å². The van der Waals surface area contributed by atoms with Gasteiger partial charge in [-0.25, -0.2) is 9.97 Å². The average Bonchev–Trinajstić information content (AvgIpc) is 2.88. The molecule has 3 rings (SSSR count). The second-order valence-corrected chi connectivity index (χ2v) is 6.19.